The van der Waals surface area contributed by atoms with E-state index in [1.54, 1.807) is 7.11 Å². The summed E-state index contributed by atoms with van der Waals surface area (Å²) >= 11 is 0. The van der Waals surface area contributed by atoms with E-state index in [-0.39, 0.29) is 5.54 Å². The van der Waals surface area contributed by atoms with Crippen molar-refractivity contribution in [3.05, 3.63) is 137 Å². The summed E-state index contributed by atoms with van der Waals surface area (Å²) < 4.78 is 6.01. The van der Waals surface area contributed by atoms with Gasteiger partial charge >= 0.3 is 0 Å². The zero-order chi connectivity index (χ0) is 23.8. The van der Waals surface area contributed by atoms with Gasteiger partial charge in [0.2, 0.25) is 0 Å². The molecule has 0 aromatic heterocycles. The van der Waals surface area contributed by atoms with E-state index in [0.717, 1.165) is 11.4 Å². The van der Waals surface area contributed by atoms with Gasteiger partial charge in [0, 0.05) is 5.56 Å². The quantitative estimate of drug-likeness (QED) is 0.318. The van der Waals surface area contributed by atoms with Gasteiger partial charge in [-0.3, -0.25) is 0 Å². The number of fused-ring (bicyclic) bond motifs is 1. The van der Waals surface area contributed by atoms with E-state index in [1.165, 1.54) is 33.4 Å². The van der Waals surface area contributed by atoms with Crippen LogP contribution in [0.3, 0.4) is 0 Å². The summed E-state index contributed by atoms with van der Waals surface area (Å²) in [7, 11) is 1.76. The summed E-state index contributed by atoms with van der Waals surface area (Å²) in [5, 5.41) is 3.68. The summed E-state index contributed by atoms with van der Waals surface area (Å²) in [5.74, 6) is 0.861. The van der Waals surface area contributed by atoms with Gasteiger partial charge in [-0.15, -0.1) is 0 Å². The van der Waals surface area contributed by atoms with E-state index >= 15 is 0 Å². The second-order valence-corrected chi connectivity index (χ2v) is 9.62. The van der Waals surface area contributed by atoms with E-state index in [2.05, 4.69) is 135 Å². The van der Waals surface area contributed by atoms with Crippen molar-refractivity contribution < 1.29 is 4.74 Å². The number of anilines is 1. The average Bonchev–Trinajstić information content (AvgIpc) is 2.86. The molecule has 2 heteroatoms. The lowest BCUT2D eigenvalue weighted by molar-refractivity contribution is 0.414. The number of rotatable bonds is 5. The molecule has 4 aromatic rings. The predicted molar refractivity (Wildman–Crippen MR) is 143 cm³/mol. The molecule has 1 N–H and O–H groups in total. The molecule has 5 rings (SSSR count). The molecular weight excluding hydrogens is 414 g/mol. The fourth-order valence-electron chi connectivity index (χ4n) is 5.47. The number of ether oxygens (including phenoxy) is 1. The number of hydrogen-bond donors (Lipinski definition) is 1. The first-order valence-electron chi connectivity index (χ1n) is 11.8. The minimum atomic E-state index is -0.501. The molecule has 0 fully saturated rings. The van der Waals surface area contributed by atoms with Crippen LogP contribution in [0.5, 0.6) is 5.75 Å². The summed E-state index contributed by atoms with van der Waals surface area (Å²) in [4.78, 5) is 0. The van der Waals surface area contributed by atoms with Crippen molar-refractivity contribution in [2.24, 2.45) is 0 Å². The summed E-state index contributed by atoms with van der Waals surface area (Å²) in [5.41, 5.74) is 7.70. The minimum Gasteiger partial charge on any atom is -0.495 e. The lowest BCUT2D eigenvalue weighted by Crippen LogP contribution is -2.34. The molecule has 0 saturated heterocycles. The van der Waals surface area contributed by atoms with Crippen molar-refractivity contribution in [1.82, 2.24) is 0 Å². The number of allylic oxidation sites excluding steroid dienone is 1. The Labute approximate surface area is 202 Å². The number of methoxy groups -OCH3 is 1. The van der Waals surface area contributed by atoms with Crippen LogP contribution in [-0.4, -0.2) is 12.6 Å². The number of benzene rings is 4. The standard InChI is InChI=1S/C32H31NO/c1-23-22-31(2,3)33-30-28(23)20-27(21-29(30)34-4)32(24-14-8-5-9-15-24,25-16-10-6-11-17-25)26-18-12-7-13-19-26/h5-22,33H,1-4H3. The van der Waals surface area contributed by atoms with Gasteiger partial charge < -0.3 is 10.1 Å². The van der Waals surface area contributed by atoms with Gasteiger partial charge in [-0.05, 0) is 60.7 Å². The van der Waals surface area contributed by atoms with E-state index in [0.29, 0.717) is 0 Å². The van der Waals surface area contributed by atoms with Crippen LogP contribution < -0.4 is 10.1 Å². The normalized spacial score (nSPS) is 14.5. The van der Waals surface area contributed by atoms with Gasteiger partial charge in [-0.1, -0.05) is 97.1 Å². The molecular formula is C32H31NO. The largest absolute Gasteiger partial charge is 0.495 e. The van der Waals surface area contributed by atoms with E-state index in [9.17, 15) is 0 Å². The number of hydrogen-bond acceptors (Lipinski definition) is 2. The first kappa shape index (κ1) is 22.0. The van der Waals surface area contributed by atoms with Crippen molar-refractivity contribution in [3.63, 3.8) is 0 Å². The molecule has 0 aliphatic carbocycles. The van der Waals surface area contributed by atoms with E-state index in [1.807, 2.05) is 0 Å². The van der Waals surface area contributed by atoms with Gasteiger partial charge in [0.25, 0.3) is 0 Å². The predicted octanol–water partition coefficient (Wildman–Crippen LogP) is 7.69. The van der Waals surface area contributed by atoms with Crippen LogP contribution in [0.2, 0.25) is 0 Å². The third-order valence-corrected chi connectivity index (χ3v) is 6.82. The number of nitrogens with one attached hydrogen (secondary N) is 1. The molecule has 1 aliphatic rings. The third kappa shape index (κ3) is 3.60. The molecule has 0 unspecified atom stereocenters. The summed E-state index contributed by atoms with van der Waals surface area (Å²) in [6, 6.07) is 36.9. The Bertz CT molecular complexity index is 1230. The molecule has 0 spiro atoms. The Hall–Kier alpha value is -3.78. The highest BCUT2D eigenvalue weighted by Crippen LogP contribution is 2.49. The Morgan fingerprint density at radius 3 is 1.59 bits per heavy atom. The molecule has 0 atom stereocenters. The smallest absolute Gasteiger partial charge is 0.142 e. The lowest BCUT2D eigenvalue weighted by atomic mass is 9.64. The topological polar surface area (TPSA) is 21.3 Å². The van der Waals surface area contributed by atoms with Crippen LogP contribution >= 0.6 is 0 Å². The molecule has 1 heterocycles. The second-order valence-electron chi connectivity index (χ2n) is 9.62. The zero-order valence-electron chi connectivity index (χ0n) is 20.3. The zero-order valence-corrected chi connectivity index (χ0v) is 20.3. The first-order valence-corrected chi connectivity index (χ1v) is 11.8. The molecule has 1 aliphatic heterocycles. The Kier molecular flexibility index (Phi) is 5.53. The van der Waals surface area contributed by atoms with E-state index in [4.69, 9.17) is 4.74 Å². The maximum Gasteiger partial charge on any atom is 0.142 e. The van der Waals surface area contributed by atoms with Gasteiger partial charge in [0.15, 0.2) is 0 Å². The van der Waals surface area contributed by atoms with Crippen molar-refractivity contribution >= 4 is 11.3 Å². The van der Waals surface area contributed by atoms with Crippen molar-refractivity contribution in [2.75, 3.05) is 12.4 Å². The van der Waals surface area contributed by atoms with Gasteiger partial charge in [0.1, 0.15) is 5.75 Å². The van der Waals surface area contributed by atoms with Crippen LogP contribution in [0.25, 0.3) is 5.57 Å². The highest BCUT2D eigenvalue weighted by Gasteiger charge is 2.40. The highest BCUT2D eigenvalue weighted by molar-refractivity contribution is 5.85. The van der Waals surface area contributed by atoms with Crippen molar-refractivity contribution in [1.29, 1.82) is 0 Å². The fourth-order valence-corrected chi connectivity index (χ4v) is 5.47. The molecule has 0 saturated carbocycles. The highest BCUT2D eigenvalue weighted by atomic mass is 16.5. The molecule has 34 heavy (non-hydrogen) atoms. The third-order valence-electron chi connectivity index (χ3n) is 6.82. The monoisotopic (exact) mass is 445 g/mol. The van der Waals surface area contributed by atoms with Crippen LogP contribution in [0.1, 0.15) is 48.6 Å². The molecule has 0 bridgehead atoms. The molecule has 4 aromatic carbocycles. The average molecular weight is 446 g/mol. The fraction of sp³-hybridized carbons (Fsp3) is 0.188. The maximum absolute atomic E-state index is 6.01. The van der Waals surface area contributed by atoms with Crippen LogP contribution in [0.15, 0.2) is 109 Å². The van der Waals surface area contributed by atoms with Crippen LogP contribution in [-0.2, 0) is 5.41 Å². The molecule has 2 nitrogen and oxygen atoms in total. The first-order chi connectivity index (χ1) is 16.5. The van der Waals surface area contributed by atoms with Gasteiger partial charge in [-0.25, -0.2) is 0 Å². The second kappa shape index (κ2) is 8.53. The molecule has 170 valence electrons. The van der Waals surface area contributed by atoms with E-state index < -0.39 is 5.41 Å². The van der Waals surface area contributed by atoms with Crippen LogP contribution in [0.4, 0.5) is 5.69 Å². The van der Waals surface area contributed by atoms with Gasteiger partial charge in [-0.2, -0.15) is 0 Å². The molecule has 0 amide bonds. The Balaban J connectivity index is 1.91. The van der Waals surface area contributed by atoms with Crippen molar-refractivity contribution in [2.45, 2.75) is 31.7 Å². The van der Waals surface area contributed by atoms with Crippen LogP contribution in [0, 0.1) is 0 Å². The lowest BCUT2D eigenvalue weighted by Gasteiger charge is -2.39. The SMILES string of the molecule is COc1cc(C(c2ccccc2)(c2ccccc2)c2ccccc2)cc2c1NC(C)(C)C=C2C. The Morgan fingerprint density at radius 1 is 0.676 bits per heavy atom. The Morgan fingerprint density at radius 2 is 1.15 bits per heavy atom. The summed E-state index contributed by atoms with van der Waals surface area (Å²) in [6.45, 7) is 6.57. The molecule has 0 radical (unpaired) electrons. The minimum absolute atomic E-state index is 0.138. The van der Waals surface area contributed by atoms with Crippen molar-refractivity contribution in [3.8, 4) is 5.75 Å². The maximum atomic E-state index is 6.01. The van der Waals surface area contributed by atoms with Gasteiger partial charge in [0.05, 0.1) is 23.8 Å². The summed E-state index contributed by atoms with van der Waals surface area (Å²) in [6.07, 6.45) is 2.30.